The smallest absolute Gasteiger partial charge is 0.338 e. The van der Waals surface area contributed by atoms with Gasteiger partial charge in [-0.25, -0.2) is 9.78 Å². The maximum Gasteiger partial charge on any atom is 0.338 e. The predicted molar refractivity (Wildman–Crippen MR) is 154 cm³/mol. The van der Waals surface area contributed by atoms with Crippen molar-refractivity contribution in [1.82, 2.24) is 14.3 Å². The van der Waals surface area contributed by atoms with E-state index in [1.54, 1.807) is 27.2 Å². The first-order valence-electron chi connectivity index (χ1n) is 13.8. The highest BCUT2D eigenvalue weighted by Gasteiger charge is 2.36. The lowest BCUT2D eigenvalue weighted by Gasteiger charge is -2.36. The van der Waals surface area contributed by atoms with E-state index < -0.39 is 12.0 Å². The summed E-state index contributed by atoms with van der Waals surface area (Å²) in [5, 5.41) is 0. The van der Waals surface area contributed by atoms with Gasteiger partial charge in [0, 0.05) is 19.2 Å². The molecule has 0 fully saturated rings. The van der Waals surface area contributed by atoms with Crippen molar-refractivity contribution in [2.45, 2.75) is 39.7 Å². The van der Waals surface area contributed by atoms with Crippen molar-refractivity contribution in [3.05, 3.63) is 88.4 Å². The van der Waals surface area contributed by atoms with Crippen molar-refractivity contribution in [3.8, 4) is 17.2 Å². The van der Waals surface area contributed by atoms with E-state index in [9.17, 15) is 9.59 Å². The number of methoxy groups -OCH3 is 2. The number of rotatable bonds is 9. The van der Waals surface area contributed by atoms with Gasteiger partial charge in [0.05, 0.1) is 43.8 Å². The summed E-state index contributed by atoms with van der Waals surface area (Å²) < 4.78 is 24.4. The number of carbonyl (C=O) groups excluding carboxylic acids is 2. The third kappa shape index (κ3) is 5.31. The summed E-state index contributed by atoms with van der Waals surface area (Å²) in [6, 6.07) is 14.8. The van der Waals surface area contributed by atoms with Crippen LogP contribution in [0.4, 0.5) is 0 Å². The molecule has 3 heterocycles. The van der Waals surface area contributed by atoms with Crippen LogP contribution in [0.1, 0.15) is 58.3 Å². The molecule has 214 valence electrons. The van der Waals surface area contributed by atoms with Crippen molar-refractivity contribution in [3.63, 3.8) is 0 Å². The van der Waals surface area contributed by atoms with E-state index in [1.807, 2.05) is 71.8 Å². The molecule has 1 aliphatic rings. The van der Waals surface area contributed by atoms with Crippen LogP contribution in [0, 0.1) is 6.92 Å². The molecule has 1 atom stereocenters. The van der Waals surface area contributed by atoms with E-state index in [0.717, 1.165) is 33.7 Å². The lowest BCUT2D eigenvalue weighted by Crippen LogP contribution is -2.43. The Hall–Kier alpha value is -4.53. The average Bonchev–Trinajstić information content (AvgIpc) is 3.38. The molecular formula is C32H35N3O6. The van der Waals surface area contributed by atoms with Gasteiger partial charge in [-0.2, -0.15) is 0 Å². The highest BCUT2D eigenvalue weighted by atomic mass is 16.5. The Morgan fingerprint density at radius 1 is 1.00 bits per heavy atom. The van der Waals surface area contributed by atoms with E-state index in [1.165, 1.54) is 0 Å². The number of carbonyl (C=O) groups is 2. The summed E-state index contributed by atoms with van der Waals surface area (Å²) in [4.78, 5) is 33.1. The van der Waals surface area contributed by atoms with Gasteiger partial charge in [0.1, 0.15) is 11.4 Å². The van der Waals surface area contributed by atoms with Gasteiger partial charge in [0.15, 0.2) is 18.1 Å². The third-order valence-electron chi connectivity index (χ3n) is 7.48. The first-order chi connectivity index (χ1) is 19.9. The van der Waals surface area contributed by atoms with Gasteiger partial charge in [-0.05, 0) is 67.3 Å². The molecule has 1 amide bonds. The molecule has 0 saturated carbocycles. The zero-order chi connectivity index (χ0) is 29.1. The van der Waals surface area contributed by atoms with Crippen LogP contribution in [0.5, 0.6) is 17.2 Å². The summed E-state index contributed by atoms with van der Waals surface area (Å²) >= 11 is 0. The summed E-state index contributed by atoms with van der Waals surface area (Å²) in [6.07, 6.45) is 3.27. The SMILES string of the molecule is CCOC(=O)c1cc(OCC(=O)N2CCc3nc4ccccn4c3C2c2ccc(OC)c(OC)c2)c(CC)cc1C. The topological polar surface area (TPSA) is 91.6 Å². The molecule has 2 aromatic carbocycles. The number of hydrogen-bond acceptors (Lipinski definition) is 7. The first kappa shape index (κ1) is 28.0. The zero-order valence-corrected chi connectivity index (χ0v) is 24.1. The molecular weight excluding hydrogens is 522 g/mol. The molecule has 1 aliphatic heterocycles. The molecule has 1 unspecified atom stereocenters. The van der Waals surface area contributed by atoms with Crippen LogP contribution in [-0.2, 0) is 22.4 Å². The maximum atomic E-state index is 13.9. The number of aryl methyl sites for hydroxylation is 2. The van der Waals surface area contributed by atoms with Crippen molar-refractivity contribution in [2.24, 2.45) is 0 Å². The van der Waals surface area contributed by atoms with E-state index >= 15 is 0 Å². The van der Waals surface area contributed by atoms with Crippen molar-refractivity contribution in [2.75, 3.05) is 34.0 Å². The molecule has 0 radical (unpaired) electrons. The normalized spacial score (nSPS) is 14.5. The Balaban J connectivity index is 1.51. The van der Waals surface area contributed by atoms with Gasteiger partial charge >= 0.3 is 5.97 Å². The van der Waals surface area contributed by atoms with E-state index in [2.05, 4.69) is 0 Å². The third-order valence-corrected chi connectivity index (χ3v) is 7.48. The fourth-order valence-electron chi connectivity index (χ4n) is 5.48. The molecule has 41 heavy (non-hydrogen) atoms. The lowest BCUT2D eigenvalue weighted by atomic mass is 9.95. The molecule has 9 heteroatoms. The maximum absolute atomic E-state index is 13.9. The number of ether oxygens (including phenoxy) is 4. The fraction of sp³-hybridized carbons (Fsp3) is 0.344. The van der Waals surface area contributed by atoms with E-state index in [-0.39, 0.29) is 19.1 Å². The number of amides is 1. The summed E-state index contributed by atoms with van der Waals surface area (Å²) in [5.41, 5.74) is 5.74. The quantitative estimate of drug-likeness (QED) is 0.269. The van der Waals surface area contributed by atoms with Crippen LogP contribution in [0.15, 0.2) is 54.7 Å². The van der Waals surface area contributed by atoms with Gasteiger partial charge in [0.25, 0.3) is 5.91 Å². The molecule has 9 nitrogen and oxygen atoms in total. The summed E-state index contributed by atoms with van der Waals surface area (Å²) in [6.45, 7) is 6.22. The minimum Gasteiger partial charge on any atom is -0.493 e. The Labute approximate surface area is 239 Å². The summed E-state index contributed by atoms with van der Waals surface area (Å²) in [5.74, 6) is 1.10. The van der Waals surface area contributed by atoms with Crippen LogP contribution >= 0.6 is 0 Å². The number of esters is 1. The van der Waals surface area contributed by atoms with Gasteiger partial charge in [-0.3, -0.25) is 4.79 Å². The first-order valence-corrected chi connectivity index (χ1v) is 13.8. The minimum atomic E-state index is -0.425. The Morgan fingerprint density at radius 3 is 2.54 bits per heavy atom. The number of benzene rings is 2. The fourth-order valence-corrected chi connectivity index (χ4v) is 5.48. The molecule has 2 aromatic heterocycles. The lowest BCUT2D eigenvalue weighted by molar-refractivity contribution is -0.135. The van der Waals surface area contributed by atoms with Crippen LogP contribution in [0.2, 0.25) is 0 Å². The Bertz CT molecular complexity index is 1590. The standard InChI is InChI=1S/C32H35N3O6/c1-6-21-16-20(3)23(32(37)40-7-2)18-26(21)41-19-29(36)35-15-13-24-31(34-14-9-8-10-28(34)33-24)30(35)22-11-12-25(38-4)27(17-22)39-5/h8-12,14,16-18,30H,6-7,13,15,19H2,1-5H3. The number of hydrogen-bond donors (Lipinski definition) is 0. The predicted octanol–water partition coefficient (Wildman–Crippen LogP) is 4.95. The highest BCUT2D eigenvalue weighted by Crippen LogP contribution is 2.39. The van der Waals surface area contributed by atoms with Gasteiger partial charge < -0.3 is 28.2 Å². The van der Waals surface area contributed by atoms with Crippen molar-refractivity contribution < 1.29 is 28.5 Å². The van der Waals surface area contributed by atoms with Crippen LogP contribution < -0.4 is 14.2 Å². The Morgan fingerprint density at radius 2 is 1.80 bits per heavy atom. The number of fused-ring (bicyclic) bond motifs is 3. The van der Waals surface area contributed by atoms with Crippen LogP contribution in [0.25, 0.3) is 5.65 Å². The van der Waals surface area contributed by atoms with Crippen LogP contribution in [0.3, 0.4) is 0 Å². The van der Waals surface area contributed by atoms with Crippen molar-refractivity contribution in [1.29, 1.82) is 0 Å². The van der Waals surface area contributed by atoms with E-state index in [4.69, 9.17) is 23.9 Å². The van der Waals surface area contributed by atoms with Crippen LogP contribution in [-0.4, -0.2) is 60.1 Å². The molecule has 5 rings (SSSR count). The van der Waals surface area contributed by atoms with Gasteiger partial charge in [-0.15, -0.1) is 0 Å². The average molecular weight is 558 g/mol. The summed E-state index contributed by atoms with van der Waals surface area (Å²) in [7, 11) is 3.19. The molecule has 0 spiro atoms. The molecule has 0 N–H and O–H groups in total. The van der Waals surface area contributed by atoms with Gasteiger partial charge in [-0.1, -0.05) is 25.1 Å². The number of pyridine rings is 1. The number of aromatic nitrogens is 2. The number of nitrogens with zero attached hydrogens (tertiary/aromatic N) is 3. The molecule has 0 bridgehead atoms. The highest BCUT2D eigenvalue weighted by molar-refractivity contribution is 5.91. The molecule has 4 aromatic rings. The van der Waals surface area contributed by atoms with Gasteiger partial charge in [0.2, 0.25) is 0 Å². The number of imidazole rings is 1. The largest absolute Gasteiger partial charge is 0.493 e. The molecule has 0 saturated heterocycles. The van der Waals surface area contributed by atoms with E-state index in [0.29, 0.717) is 42.2 Å². The van der Waals surface area contributed by atoms with Crippen molar-refractivity contribution >= 4 is 17.5 Å². The second-order valence-electron chi connectivity index (χ2n) is 9.86. The minimum absolute atomic E-state index is 0.179. The Kier molecular flexibility index (Phi) is 8.14. The second-order valence-corrected chi connectivity index (χ2v) is 9.86. The monoisotopic (exact) mass is 557 g/mol. The zero-order valence-electron chi connectivity index (χ0n) is 24.1. The molecule has 0 aliphatic carbocycles. The second kappa shape index (κ2) is 11.9.